The Morgan fingerprint density at radius 2 is 1.95 bits per heavy atom. The van der Waals surface area contributed by atoms with Gasteiger partial charge < -0.3 is 5.32 Å². The van der Waals surface area contributed by atoms with Crippen LogP contribution in [0.15, 0.2) is 36.4 Å². The summed E-state index contributed by atoms with van der Waals surface area (Å²) in [6.07, 6.45) is 6.76. The van der Waals surface area contributed by atoms with Gasteiger partial charge in [-0.1, -0.05) is 44.0 Å². The van der Waals surface area contributed by atoms with Crippen molar-refractivity contribution in [2.75, 3.05) is 0 Å². The summed E-state index contributed by atoms with van der Waals surface area (Å²) >= 11 is 0. The third-order valence-electron chi connectivity index (χ3n) is 4.49. The summed E-state index contributed by atoms with van der Waals surface area (Å²) in [4.78, 5) is 4.74. The molecule has 0 bridgehead atoms. The van der Waals surface area contributed by atoms with Crippen LogP contribution in [-0.4, -0.2) is 11.0 Å². The van der Waals surface area contributed by atoms with Crippen LogP contribution in [0.25, 0.3) is 10.9 Å². The fraction of sp³-hybridized carbons (Fsp3) is 0.500. The topological polar surface area (TPSA) is 24.9 Å². The molecule has 1 aromatic carbocycles. The average molecular weight is 268 g/mol. The minimum Gasteiger partial charge on any atom is -0.308 e. The second-order valence-corrected chi connectivity index (χ2v) is 6.19. The molecule has 0 amide bonds. The predicted molar refractivity (Wildman–Crippen MR) is 84.6 cm³/mol. The standard InChI is InChI=1S/C18H24N2/c1-14-5-4-7-16(11-9-14)19-13-17-12-10-15-6-2-3-8-18(15)20-17/h2-3,6,8,10,12,14,16,19H,4-5,7,9,11,13H2,1H3. The summed E-state index contributed by atoms with van der Waals surface area (Å²) < 4.78 is 0. The molecule has 0 spiro atoms. The van der Waals surface area contributed by atoms with Crippen LogP contribution in [0.1, 0.15) is 44.7 Å². The van der Waals surface area contributed by atoms with E-state index in [-0.39, 0.29) is 0 Å². The zero-order chi connectivity index (χ0) is 13.8. The van der Waals surface area contributed by atoms with Gasteiger partial charge in [-0.2, -0.15) is 0 Å². The first-order valence-corrected chi connectivity index (χ1v) is 7.89. The van der Waals surface area contributed by atoms with E-state index in [0.29, 0.717) is 6.04 Å². The molecule has 2 unspecified atom stereocenters. The summed E-state index contributed by atoms with van der Waals surface area (Å²) in [5.74, 6) is 0.903. The summed E-state index contributed by atoms with van der Waals surface area (Å²) in [6.45, 7) is 3.27. The number of nitrogens with zero attached hydrogens (tertiary/aromatic N) is 1. The van der Waals surface area contributed by atoms with E-state index in [1.165, 1.54) is 37.5 Å². The SMILES string of the molecule is CC1CCCC(NCc2ccc3ccccc3n2)CC1. The fourth-order valence-electron chi connectivity index (χ4n) is 3.15. The molecule has 0 saturated heterocycles. The Kier molecular flexibility index (Phi) is 4.31. The van der Waals surface area contributed by atoms with Crippen LogP contribution in [0.5, 0.6) is 0 Å². The van der Waals surface area contributed by atoms with Gasteiger partial charge in [0.1, 0.15) is 0 Å². The molecule has 1 aliphatic carbocycles. The van der Waals surface area contributed by atoms with Gasteiger partial charge in [-0.05, 0) is 37.3 Å². The number of rotatable bonds is 3. The molecule has 1 aliphatic rings. The van der Waals surface area contributed by atoms with Crippen LogP contribution in [0.3, 0.4) is 0 Å². The van der Waals surface area contributed by atoms with Crippen LogP contribution >= 0.6 is 0 Å². The molecule has 20 heavy (non-hydrogen) atoms. The third kappa shape index (κ3) is 3.37. The molecule has 2 aromatic rings. The van der Waals surface area contributed by atoms with Gasteiger partial charge in [-0.25, -0.2) is 0 Å². The van der Waals surface area contributed by atoms with Crippen molar-refractivity contribution in [2.45, 2.75) is 51.6 Å². The normalized spacial score (nSPS) is 23.6. The molecular formula is C18H24N2. The van der Waals surface area contributed by atoms with Gasteiger partial charge in [0.15, 0.2) is 0 Å². The Morgan fingerprint density at radius 1 is 1.05 bits per heavy atom. The van der Waals surface area contributed by atoms with Crippen molar-refractivity contribution < 1.29 is 0 Å². The zero-order valence-corrected chi connectivity index (χ0v) is 12.3. The Morgan fingerprint density at radius 3 is 2.90 bits per heavy atom. The quantitative estimate of drug-likeness (QED) is 0.840. The second-order valence-electron chi connectivity index (χ2n) is 6.19. The molecule has 0 radical (unpaired) electrons. The first-order valence-electron chi connectivity index (χ1n) is 7.89. The first-order chi connectivity index (χ1) is 9.81. The smallest absolute Gasteiger partial charge is 0.0705 e. The van der Waals surface area contributed by atoms with E-state index in [9.17, 15) is 0 Å². The number of hydrogen-bond acceptors (Lipinski definition) is 2. The van der Waals surface area contributed by atoms with Gasteiger partial charge in [-0.15, -0.1) is 0 Å². The Bertz CT molecular complexity index is 564. The molecule has 1 N–H and O–H groups in total. The van der Waals surface area contributed by atoms with E-state index in [2.05, 4.69) is 48.6 Å². The first kappa shape index (κ1) is 13.6. The van der Waals surface area contributed by atoms with Crippen molar-refractivity contribution in [3.8, 4) is 0 Å². The maximum absolute atomic E-state index is 4.74. The Balaban J connectivity index is 1.61. The van der Waals surface area contributed by atoms with Crippen LogP contribution in [-0.2, 0) is 6.54 Å². The molecule has 2 atom stereocenters. The molecule has 1 fully saturated rings. The molecular weight excluding hydrogens is 244 g/mol. The average Bonchev–Trinajstić information content (AvgIpc) is 2.69. The Hall–Kier alpha value is -1.41. The number of benzene rings is 1. The molecule has 1 aromatic heterocycles. The van der Waals surface area contributed by atoms with Crippen molar-refractivity contribution in [1.82, 2.24) is 10.3 Å². The third-order valence-corrected chi connectivity index (χ3v) is 4.49. The number of pyridine rings is 1. The largest absolute Gasteiger partial charge is 0.308 e. The highest BCUT2D eigenvalue weighted by molar-refractivity contribution is 5.78. The van der Waals surface area contributed by atoms with Crippen molar-refractivity contribution in [3.63, 3.8) is 0 Å². The van der Waals surface area contributed by atoms with Gasteiger partial charge in [0, 0.05) is 18.0 Å². The molecule has 2 heteroatoms. The minimum absolute atomic E-state index is 0.674. The highest BCUT2D eigenvalue weighted by atomic mass is 14.9. The molecule has 1 saturated carbocycles. The number of aromatic nitrogens is 1. The van der Waals surface area contributed by atoms with Crippen molar-refractivity contribution >= 4 is 10.9 Å². The lowest BCUT2D eigenvalue weighted by Gasteiger charge is -2.16. The lowest BCUT2D eigenvalue weighted by atomic mass is 10.0. The molecule has 106 valence electrons. The minimum atomic E-state index is 0.674. The van der Waals surface area contributed by atoms with Crippen LogP contribution in [0.4, 0.5) is 0 Å². The lowest BCUT2D eigenvalue weighted by molar-refractivity contribution is 0.445. The van der Waals surface area contributed by atoms with Crippen molar-refractivity contribution in [1.29, 1.82) is 0 Å². The van der Waals surface area contributed by atoms with E-state index in [1.807, 2.05) is 0 Å². The number of fused-ring (bicyclic) bond motifs is 1. The molecule has 0 aliphatic heterocycles. The van der Waals surface area contributed by atoms with E-state index in [1.54, 1.807) is 0 Å². The van der Waals surface area contributed by atoms with E-state index in [4.69, 9.17) is 4.98 Å². The van der Waals surface area contributed by atoms with E-state index < -0.39 is 0 Å². The molecule has 1 heterocycles. The lowest BCUT2D eigenvalue weighted by Crippen LogP contribution is -2.28. The summed E-state index contributed by atoms with van der Waals surface area (Å²) in [5, 5.41) is 4.92. The van der Waals surface area contributed by atoms with Gasteiger partial charge in [-0.3, -0.25) is 4.98 Å². The van der Waals surface area contributed by atoms with Gasteiger partial charge in [0.05, 0.1) is 11.2 Å². The number of hydrogen-bond donors (Lipinski definition) is 1. The second kappa shape index (κ2) is 6.36. The van der Waals surface area contributed by atoms with Gasteiger partial charge >= 0.3 is 0 Å². The highest BCUT2D eigenvalue weighted by Gasteiger charge is 2.15. The fourth-order valence-corrected chi connectivity index (χ4v) is 3.15. The van der Waals surface area contributed by atoms with Crippen LogP contribution in [0, 0.1) is 5.92 Å². The summed E-state index contributed by atoms with van der Waals surface area (Å²) in [6, 6.07) is 13.3. The molecule has 2 nitrogen and oxygen atoms in total. The number of nitrogens with one attached hydrogen (secondary N) is 1. The van der Waals surface area contributed by atoms with E-state index >= 15 is 0 Å². The monoisotopic (exact) mass is 268 g/mol. The van der Waals surface area contributed by atoms with Gasteiger partial charge in [0.2, 0.25) is 0 Å². The molecule has 3 rings (SSSR count). The highest BCUT2D eigenvalue weighted by Crippen LogP contribution is 2.22. The van der Waals surface area contributed by atoms with Crippen LogP contribution < -0.4 is 5.32 Å². The summed E-state index contributed by atoms with van der Waals surface area (Å²) in [7, 11) is 0. The Labute approximate surface area is 121 Å². The van der Waals surface area contributed by atoms with Crippen LogP contribution in [0.2, 0.25) is 0 Å². The maximum Gasteiger partial charge on any atom is 0.0705 e. The van der Waals surface area contributed by atoms with Gasteiger partial charge in [0.25, 0.3) is 0 Å². The zero-order valence-electron chi connectivity index (χ0n) is 12.3. The number of para-hydroxylation sites is 1. The summed E-state index contributed by atoms with van der Waals surface area (Å²) in [5.41, 5.74) is 2.25. The van der Waals surface area contributed by atoms with Crippen molar-refractivity contribution in [2.24, 2.45) is 5.92 Å². The predicted octanol–water partition coefficient (Wildman–Crippen LogP) is 4.29. The van der Waals surface area contributed by atoms with Crippen molar-refractivity contribution in [3.05, 3.63) is 42.1 Å². The maximum atomic E-state index is 4.74. The van der Waals surface area contributed by atoms with E-state index in [0.717, 1.165) is 23.7 Å².